The van der Waals surface area contributed by atoms with Crippen LogP contribution in [0.5, 0.6) is 0 Å². The van der Waals surface area contributed by atoms with Gasteiger partial charge in [0.1, 0.15) is 6.42 Å². The van der Waals surface area contributed by atoms with Crippen LogP contribution in [0.15, 0.2) is 18.2 Å². The lowest BCUT2D eigenvalue weighted by Crippen LogP contribution is -2.37. The van der Waals surface area contributed by atoms with E-state index in [1.165, 1.54) is 0 Å². The molecule has 0 unspecified atom stereocenters. The fourth-order valence-corrected chi connectivity index (χ4v) is 2.52. The average Bonchev–Trinajstić information content (AvgIpc) is 2.43. The van der Waals surface area contributed by atoms with Crippen molar-refractivity contribution >= 4 is 40.7 Å². The van der Waals surface area contributed by atoms with Gasteiger partial charge in [0, 0.05) is 18.1 Å². The Bertz CT molecular complexity index is 514. The van der Waals surface area contributed by atoms with E-state index >= 15 is 0 Å². The normalized spacial score (nSPS) is 15.0. The van der Waals surface area contributed by atoms with E-state index in [9.17, 15) is 9.59 Å². The van der Waals surface area contributed by atoms with Gasteiger partial charge in [0.25, 0.3) is 0 Å². The predicted octanol–water partition coefficient (Wildman–Crippen LogP) is 3.33. The molecule has 0 bridgehead atoms. The van der Waals surface area contributed by atoms with Crippen LogP contribution in [-0.2, 0) is 9.59 Å². The number of anilines is 1. The van der Waals surface area contributed by atoms with Gasteiger partial charge in [-0.2, -0.15) is 0 Å². The largest absolute Gasteiger partial charge is 0.342 e. The van der Waals surface area contributed by atoms with Crippen LogP contribution in [0.3, 0.4) is 0 Å². The first-order chi connectivity index (χ1) is 9.56. The molecule has 1 fully saturated rings. The molecule has 2 amide bonds. The number of nitrogens with one attached hydrogen (secondary N) is 1. The smallest absolute Gasteiger partial charge is 0.233 e. The fraction of sp³-hybridized carbons (Fsp3) is 0.429. The lowest BCUT2D eigenvalue weighted by atomic mass is 10.1. The first kappa shape index (κ1) is 15.1. The van der Waals surface area contributed by atoms with Crippen LogP contribution in [-0.4, -0.2) is 29.8 Å². The number of likely N-dealkylation sites (tertiary alicyclic amines) is 1. The maximum Gasteiger partial charge on any atom is 0.233 e. The Kier molecular flexibility index (Phi) is 5.26. The molecule has 6 heteroatoms. The molecule has 0 radical (unpaired) electrons. The highest BCUT2D eigenvalue weighted by Crippen LogP contribution is 2.25. The van der Waals surface area contributed by atoms with Crippen molar-refractivity contribution in [3.8, 4) is 0 Å². The fourth-order valence-electron chi connectivity index (χ4n) is 2.18. The van der Waals surface area contributed by atoms with Gasteiger partial charge in [0.15, 0.2) is 0 Å². The van der Waals surface area contributed by atoms with Gasteiger partial charge in [-0.25, -0.2) is 0 Å². The minimum absolute atomic E-state index is 0.139. The van der Waals surface area contributed by atoms with Crippen LogP contribution in [0.25, 0.3) is 0 Å². The number of rotatable bonds is 3. The zero-order valence-electron chi connectivity index (χ0n) is 11.0. The number of carbonyl (C=O) groups excluding carboxylic acids is 2. The molecule has 108 valence electrons. The number of amides is 2. The lowest BCUT2D eigenvalue weighted by Gasteiger charge is -2.26. The molecule has 1 N–H and O–H groups in total. The second-order valence-corrected chi connectivity index (χ2v) is 5.63. The SMILES string of the molecule is O=C(CC(=O)N1CCCCC1)Nc1cc(Cl)ccc1Cl. The van der Waals surface area contributed by atoms with Gasteiger partial charge in [-0.15, -0.1) is 0 Å². The molecule has 2 rings (SSSR count). The molecular weight excluding hydrogens is 299 g/mol. The second kappa shape index (κ2) is 6.95. The van der Waals surface area contributed by atoms with E-state index < -0.39 is 0 Å². The number of halogens is 2. The summed E-state index contributed by atoms with van der Waals surface area (Å²) in [5.41, 5.74) is 0.426. The summed E-state index contributed by atoms with van der Waals surface area (Å²) in [7, 11) is 0. The number of hydrogen-bond donors (Lipinski definition) is 1. The molecular formula is C14H16Cl2N2O2. The summed E-state index contributed by atoms with van der Waals surface area (Å²) in [4.78, 5) is 25.6. The lowest BCUT2D eigenvalue weighted by molar-refractivity contribution is -0.135. The third kappa shape index (κ3) is 4.12. The third-order valence-corrected chi connectivity index (χ3v) is 3.79. The van der Waals surface area contributed by atoms with E-state index in [1.807, 2.05) is 0 Å². The number of benzene rings is 1. The van der Waals surface area contributed by atoms with Gasteiger partial charge < -0.3 is 10.2 Å². The van der Waals surface area contributed by atoms with Crippen molar-refractivity contribution in [1.82, 2.24) is 4.90 Å². The first-order valence-electron chi connectivity index (χ1n) is 6.59. The van der Waals surface area contributed by atoms with Crippen molar-refractivity contribution in [3.05, 3.63) is 28.2 Å². The van der Waals surface area contributed by atoms with E-state index in [0.717, 1.165) is 32.4 Å². The van der Waals surface area contributed by atoms with Gasteiger partial charge in [-0.05, 0) is 37.5 Å². The van der Waals surface area contributed by atoms with Crippen molar-refractivity contribution in [2.24, 2.45) is 0 Å². The molecule has 1 saturated heterocycles. The van der Waals surface area contributed by atoms with E-state index in [-0.39, 0.29) is 18.2 Å². The second-order valence-electron chi connectivity index (χ2n) is 4.79. The Hall–Kier alpha value is -1.26. The van der Waals surface area contributed by atoms with Crippen molar-refractivity contribution in [2.45, 2.75) is 25.7 Å². The Morgan fingerprint density at radius 3 is 2.55 bits per heavy atom. The number of piperidine rings is 1. The van der Waals surface area contributed by atoms with Gasteiger partial charge in [-0.1, -0.05) is 23.2 Å². The summed E-state index contributed by atoms with van der Waals surface area (Å²) in [5, 5.41) is 3.49. The molecule has 0 aliphatic carbocycles. The quantitative estimate of drug-likeness (QED) is 0.870. The van der Waals surface area contributed by atoms with Crippen molar-refractivity contribution in [2.75, 3.05) is 18.4 Å². The molecule has 4 nitrogen and oxygen atoms in total. The maximum atomic E-state index is 12.0. The van der Waals surface area contributed by atoms with Gasteiger partial charge in [0.2, 0.25) is 11.8 Å². The van der Waals surface area contributed by atoms with Crippen LogP contribution in [0, 0.1) is 0 Å². The first-order valence-corrected chi connectivity index (χ1v) is 7.34. The summed E-state index contributed by atoms with van der Waals surface area (Å²) in [6.07, 6.45) is 3.00. The molecule has 20 heavy (non-hydrogen) atoms. The molecule has 1 heterocycles. The Morgan fingerprint density at radius 1 is 1.15 bits per heavy atom. The van der Waals surface area contributed by atoms with E-state index in [1.54, 1.807) is 23.1 Å². The minimum Gasteiger partial charge on any atom is -0.342 e. The Morgan fingerprint density at radius 2 is 1.85 bits per heavy atom. The van der Waals surface area contributed by atoms with Crippen molar-refractivity contribution < 1.29 is 9.59 Å². The van der Waals surface area contributed by atoms with Gasteiger partial charge in [-0.3, -0.25) is 9.59 Å². The van der Waals surface area contributed by atoms with E-state index in [0.29, 0.717) is 15.7 Å². The maximum absolute atomic E-state index is 12.0. The van der Waals surface area contributed by atoms with Gasteiger partial charge in [0.05, 0.1) is 10.7 Å². The highest BCUT2D eigenvalue weighted by atomic mass is 35.5. The summed E-state index contributed by atoms with van der Waals surface area (Å²) in [6, 6.07) is 4.80. The topological polar surface area (TPSA) is 49.4 Å². The molecule has 0 spiro atoms. The molecule has 0 atom stereocenters. The summed E-state index contributed by atoms with van der Waals surface area (Å²) in [6.45, 7) is 1.48. The Balaban J connectivity index is 1.91. The molecule has 0 saturated carbocycles. The number of hydrogen-bond acceptors (Lipinski definition) is 2. The third-order valence-electron chi connectivity index (χ3n) is 3.22. The zero-order chi connectivity index (χ0) is 14.5. The van der Waals surface area contributed by atoms with Crippen molar-refractivity contribution in [3.63, 3.8) is 0 Å². The summed E-state index contributed by atoms with van der Waals surface area (Å²) >= 11 is 11.8. The summed E-state index contributed by atoms with van der Waals surface area (Å²) in [5.74, 6) is -0.509. The molecule has 1 aliphatic heterocycles. The molecule has 1 aromatic rings. The van der Waals surface area contributed by atoms with Crippen LogP contribution >= 0.6 is 23.2 Å². The number of carbonyl (C=O) groups is 2. The molecule has 1 aromatic carbocycles. The molecule has 1 aliphatic rings. The highest BCUT2D eigenvalue weighted by molar-refractivity contribution is 6.35. The predicted molar refractivity (Wildman–Crippen MR) is 80.1 cm³/mol. The monoisotopic (exact) mass is 314 g/mol. The van der Waals surface area contributed by atoms with Crippen LogP contribution in [0.4, 0.5) is 5.69 Å². The summed E-state index contributed by atoms with van der Waals surface area (Å²) < 4.78 is 0. The van der Waals surface area contributed by atoms with Crippen LogP contribution in [0.1, 0.15) is 25.7 Å². The van der Waals surface area contributed by atoms with Gasteiger partial charge >= 0.3 is 0 Å². The minimum atomic E-state index is -0.371. The highest BCUT2D eigenvalue weighted by Gasteiger charge is 2.19. The molecule has 0 aromatic heterocycles. The van der Waals surface area contributed by atoms with Crippen LogP contribution in [0.2, 0.25) is 10.0 Å². The standard InChI is InChI=1S/C14H16Cl2N2O2/c15-10-4-5-11(16)12(8-10)17-13(19)9-14(20)18-6-2-1-3-7-18/h4-5,8H,1-3,6-7,9H2,(H,17,19). The Labute approximate surface area is 128 Å². The average molecular weight is 315 g/mol. The van der Waals surface area contributed by atoms with E-state index in [4.69, 9.17) is 23.2 Å². The number of nitrogens with zero attached hydrogens (tertiary/aromatic N) is 1. The van der Waals surface area contributed by atoms with Crippen LogP contribution < -0.4 is 5.32 Å². The van der Waals surface area contributed by atoms with E-state index in [2.05, 4.69) is 5.32 Å². The zero-order valence-corrected chi connectivity index (χ0v) is 12.5. The van der Waals surface area contributed by atoms with Crippen molar-refractivity contribution in [1.29, 1.82) is 0 Å².